The van der Waals surface area contributed by atoms with Crippen LogP contribution in [0.4, 0.5) is 0 Å². The van der Waals surface area contributed by atoms with Crippen molar-refractivity contribution in [3.05, 3.63) is 35.6 Å². The Labute approximate surface area is 196 Å². The number of epoxide rings is 1. The Balaban J connectivity index is 1.71. The first kappa shape index (κ1) is 23.9. The second kappa shape index (κ2) is 8.23. The van der Waals surface area contributed by atoms with E-state index < -0.39 is 5.60 Å². The highest BCUT2D eigenvalue weighted by molar-refractivity contribution is 5.96. The number of hydrogen-bond acceptors (Lipinski definition) is 6. The van der Waals surface area contributed by atoms with Crippen LogP contribution in [0.3, 0.4) is 0 Å². The molecule has 180 valence electrons. The van der Waals surface area contributed by atoms with Crippen molar-refractivity contribution in [1.29, 1.82) is 0 Å². The SMILES string of the molecule is CC(=O)C=CC1C(C)(C)CCCC1(C)C=C1OC2C=C(C)C(=O)CC2C2(COC(C)=O)OC12. The molecule has 33 heavy (non-hydrogen) atoms. The maximum absolute atomic E-state index is 12.4. The van der Waals surface area contributed by atoms with Crippen molar-refractivity contribution >= 4 is 17.5 Å². The van der Waals surface area contributed by atoms with Gasteiger partial charge in [0.1, 0.15) is 30.2 Å². The van der Waals surface area contributed by atoms with E-state index in [9.17, 15) is 14.4 Å². The van der Waals surface area contributed by atoms with Gasteiger partial charge in [-0.1, -0.05) is 33.3 Å². The summed E-state index contributed by atoms with van der Waals surface area (Å²) in [5.41, 5.74) is -0.221. The predicted molar refractivity (Wildman–Crippen MR) is 123 cm³/mol. The lowest BCUT2D eigenvalue weighted by Gasteiger charge is -2.49. The second-order valence-corrected chi connectivity index (χ2v) is 11.2. The molecule has 0 aromatic carbocycles. The van der Waals surface area contributed by atoms with Crippen molar-refractivity contribution in [3.8, 4) is 0 Å². The van der Waals surface area contributed by atoms with E-state index in [0.29, 0.717) is 12.0 Å². The minimum absolute atomic E-state index is 0.0280. The zero-order valence-corrected chi connectivity index (χ0v) is 20.6. The van der Waals surface area contributed by atoms with Crippen LogP contribution in [0.25, 0.3) is 0 Å². The lowest BCUT2D eigenvalue weighted by atomic mass is 9.56. The summed E-state index contributed by atoms with van der Waals surface area (Å²) in [4.78, 5) is 35.7. The summed E-state index contributed by atoms with van der Waals surface area (Å²) >= 11 is 0. The topological polar surface area (TPSA) is 82.2 Å². The highest BCUT2D eigenvalue weighted by atomic mass is 16.7. The third-order valence-electron chi connectivity index (χ3n) is 8.12. The highest BCUT2D eigenvalue weighted by Gasteiger charge is 2.70. The monoisotopic (exact) mass is 456 g/mol. The zero-order valence-electron chi connectivity index (χ0n) is 20.6. The number of esters is 1. The molecule has 4 rings (SSSR count). The molecule has 0 aromatic rings. The minimum Gasteiger partial charge on any atom is -0.488 e. The van der Waals surface area contributed by atoms with Crippen LogP contribution in [-0.2, 0) is 28.6 Å². The van der Waals surface area contributed by atoms with Crippen molar-refractivity contribution in [3.63, 3.8) is 0 Å². The van der Waals surface area contributed by atoms with Gasteiger partial charge in [-0.15, -0.1) is 0 Å². The number of fused-ring (bicyclic) bond motifs is 3. The Morgan fingerprint density at radius 1 is 1.21 bits per heavy atom. The number of allylic oxidation sites excluding steroid dienone is 4. The average Bonchev–Trinajstić information content (AvgIpc) is 3.43. The van der Waals surface area contributed by atoms with E-state index in [-0.39, 0.29) is 59.0 Å². The quantitative estimate of drug-likeness (QED) is 0.345. The molecule has 0 N–H and O–H groups in total. The fourth-order valence-electron chi connectivity index (χ4n) is 6.35. The average molecular weight is 457 g/mol. The minimum atomic E-state index is -0.724. The largest absolute Gasteiger partial charge is 0.488 e. The first-order chi connectivity index (χ1) is 15.4. The molecule has 6 nitrogen and oxygen atoms in total. The van der Waals surface area contributed by atoms with E-state index in [1.807, 2.05) is 13.0 Å². The van der Waals surface area contributed by atoms with E-state index in [2.05, 4.69) is 32.9 Å². The van der Waals surface area contributed by atoms with Crippen LogP contribution in [0.1, 0.15) is 67.2 Å². The van der Waals surface area contributed by atoms with Crippen LogP contribution >= 0.6 is 0 Å². The molecular formula is C27H36O6. The Morgan fingerprint density at radius 2 is 1.94 bits per heavy atom. The molecular weight excluding hydrogens is 420 g/mol. The molecule has 6 unspecified atom stereocenters. The fraction of sp³-hybridized carbons (Fsp3) is 0.667. The lowest BCUT2D eigenvalue weighted by molar-refractivity contribution is -0.144. The van der Waals surface area contributed by atoms with E-state index >= 15 is 0 Å². The van der Waals surface area contributed by atoms with Crippen LogP contribution in [0.15, 0.2) is 35.6 Å². The summed E-state index contributed by atoms with van der Waals surface area (Å²) in [6.07, 6.45) is 10.7. The molecule has 1 saturated carbocycles. The van der Waals surface area contributed by atoms with Gasteiger partial charge in [0.25, 0.3) is 0 Å². The summed E-state index contributed by atoms with van der Waals surface area (Å²) < 4.78 is 18.1. The van der Waals surface area contributed by atoms with Gasteiger partial charge in [-0.2, -0.15) is 0 Å². The van der Waals surface area contributed by atoms with Gasteiger partial charge in [0.15, 0.2) is 11.6 Å². The molecule has 6 atom stereocenters. The molecule has 0 amide bonds. The molecule has 0 radical (unpaired) electrons. The molecule has 2 saturated heterocycles. The van der Waals surface area contributed by atoms with Crippen LogP contribution < -0.4 is 0 Å². The molecule has 2 aliphatic carbocycles. The van der Waals surface area contributed by atoms with E-state index in [1.165, 1.54) is 6.92 Å². The summed E-state index contributed by atoms with van der Waals surface area (Å²) in [5.74, 6) is 0.489. The number of carbonyl (C=O) groups excluding carboxylic acids is 3. The number of hydrogen-bond donors (Lipinski definition) is 0. The normalized spacial score (nSPS) is 40.5. The number of Topliss-reactive ketones (excluding diaryl/α,β-unsaturated/α-hetero) is 1. The zero-order chi connectivity index (χ0) is 24.2. The standard InChI is InChI=1S/C27H36O6/c1-16-12-21-19(13-20(16)30)27(15-31-18(3)29)24(33-27)22(32-21)14-26(6)11-7-10-25(4,5)23(26)9-8-17(2)28/h8-9,12,14,19,21,23-24H,7,10-11,13,15H2,1-6H3. The summed E-state index contributed by atoms with van der Waals surface area (Å²) in [6, 6.07) is 0. The van der Waals surface area contributed by atoms with Crippen molar-refractivity contribution in [1.82, 2.24) is 0 Å². The smallest absolute Gasteiger partial charge is 0.302 e. The van der Waals surface area contributed by atoms with Gasteiger partial charge < -0.3 is 14.2 Å². The van der Waals surface area contributed by atoms with E-state index in [0.717, 1.165) is 25.0 Å². The third kappa shape index (κ3) is 4.34. The molecule has 2 heterocycles. The van der Waals surface area contributed by atoms with Gasteiger partial charge in [0, 0.05) is 19.3 Å². The Hall–Kier alpha value is -2.21. The van der Waals surface area contributed by atoms with Crippen LogP contribution in [0.5, 0.6) is 0 Å². The Kier molecular flexibility index (Phi) is 5.97. The van der Waals surface area contributed by atoms with Gasteiger partial charge in [-0.05, 0) is 67.2 Å². The number of ketones is 2. The van der Waals surface area contributed by atoms with Crippen LogP contribution in [0.2, 0.25) is 0 Å². The number of ether oxygens (including phenoxy) is 3. The first-order valence-electron chi connectivity index (χ1n) is 12.0. The van der Waals surface area contributed by atoms with Gasteiger partial charge in [0.05, 0.1) is 0 Å². The maximum Gasteiger partial charge on any atom is 0.302 e. The molecule has 0 aromatic heterocycles. The third-order valence-corrected chi connectivity index (χ3v) is 8.12. The van der Waals surface area contributed by atoms with Crippen molar-refractivity contribution in [2.45, 2.75) is 85.0 Å². The highest BCUT2D eigenvalue weighted by Crippen LogP contribution is 2.59. The maximum atomic E-state index is 12.4. The fourth-order valence-corrected chi connectivity index (χ4v) is 6.35. The lowest BCUT2D eigenvalue weighted by Crippen LogP contribution is -2.48. The Bertz CT molecular complexity index is 956. The van der Waals surface area contributed by atoms with Gasteiger partial charge in [0.2, 0.25) is 0 Å². The summed E-state index contributed by atoms with van der Waals surface area (Å²) in [7, 11) is 0. The van der Waals surface area contributed by atoms with Crippen molar-refractivity contribution in [2.24, 2.45) is 22.7 Å². The molecule has 3 fully saturated rings. The van der Waals surface area contributed by atoms with E-state index in [4.69, 9.17) is 14.2 Å². The van der Waals surface area contributed by atoms with Gasteiger partial charge in [-0.25, -0.2) is 0 Å². The Morgan fingerprint density at radius 3 is 2.61 bits per heavy atom. The van der Waals surface area contributed by atoms with Gasteiger partial charge in [-0.3, -0.25) is 14.4 Å². The van der Waals surface area contributed by atoms with Crippen LogP contribution in [-0.4, -0.2) is 42.0 Å². The summed E-state index contributed by atoms with van der Waals surface area (Å²) in [6.45, 7) is 11.6. The van der Waals surface area contributed by atoms with Crippen molar-refractivity contribution < 1.29 is 28.6 Å². The molecule has 4 aliphatic rings. The molecule has 0 bridgehead atoms. The second-order valence-electron chi connectivity index (χ2n) is 11.2. The molecule has 2 aliphatic heterocycles. The predicted octanol–water partition coefficient (Wildman–Crippen LogP) is 4.48. The first-order valence-corrected chi connectivity index (χ1v) is 12.0. The van der Waals surface area contributed by atoms with Crippen LogP contribution in [0, 0.1) is 22.7 Å². The van der Waals surface area contributed by atoms with Crippen molar-refractivity contribution in [2.75, 3.05) is 6.61 Å². The van der Waals surface area contributed by atoms with Gasteiger partial charge >= 0.3 is 5.97 Å². The molecule has 0 spiro atoms. The molecule has 6 heteroatoms. The number of carbonyl (C=O) groups is 3. The van der Waals surface area contributed by atoms with E-state index in [1.54, 1.807) is 13.0 Å². The number of rotatable bonds is 5. The summed E-state index contributed by atoms with van der Waals surface area (Å²) in [5, 5.41) is 0.